The highest BCUT2D eigenvalue weighted by Crippen LogP contribution is 2.25. The van der Waals surface area contributed by atoms with Gasteiger partial charge in [0.2, 0.25) is 5.91 Å². The summed E-state index contributed by atoms with van der Waals surface area (Å²) in [5.74, 6) is -0.461. The quantitative estimate of drug-likeness (QED) is 0.439. The van der Waals surface area contributed by atoms with Crippen molar-refractivity contribution >= 4 is 38.9 Å². The molecule has 0 radical (unpaired) electrons. The molecule has 1 aliphatic heterocycles. The van der Waals surface area contributed by atoms with Crippen molar-refractivity contribution in [2.45, 2.75) is 31.2 Å². The monoisotopic (exact) mass is 515 g/mol. The zero-order valence-corrected chi connectivity index (χ0v) is 20.9. The Morgan fingerprint density at radius 2 is 1.69 bits per heavy atom. The van der Waals surface area contributed by atoms with E-state index in [0.29, 0.717) is 54.4 Å². The molecule has 1 saturated heterocycles. The van der Waals surface area contributed by atoms with Gasteiger partial charge in [0, 0.05) is 28.7 Å². The summed E-state index contributed by atoms with van der Waals surface area (Å²) in [6.45, 7) is 3.78. The van der Waals surface area contributed by atoms with Crippen molar-refractivity contribution in [3.8, 4) is 0 Å². The van der Waals surface area contributed by atoms with Crippen LogP contribution in [-0.4, -0.2) is 32.3 Å². The number of hydrogen-bond acceptors (Lipinski definition) is 4. The topological polar surface area (TPSA) is 78.5 Å². The number of hydrogen-bond donors (Lipinski definition) is 2. The van der Waals surface area contributed by atoms with Crippen LogP contribution < -0.4 is 10.0 Å². The lowest BCUT2D eigenvalue weighted by molar-refractivity contribution is -0.121. The minimum absolute atomic E-state index is 0.0775. The summed E-state index contributed by atoms with van der Waals surface area (Å²) in [6.07, 6.45) is 1.35. The highest BCUT2D eigenvalue weighted by molar-refractivity contribution is 7.92. The minimum Gasteiger partial charge on any atom is -0.326 e. The van der Waals surface area contributed by atoms with Gasteiger partial charge in [-0.3, -0.25) is 14.4 Å². The summed E-state index contributed by atoms with van der Waals surface area (Å²) >= 11 is 6.08. The number of anilines is 2. The van der Waals surface area contributed by atoms with Gasteiger partial charge in [0.25, 0.3) is 10.0 Å². The molecule has 0 saturated carbocycles. The number of carbonyl (C=O) groups excluding carboxylic acids is 1. The number of amides is 1. The number of benzene rings is 3. The van der Waals surface area contributed by atoms with Gasteiger partial charge in [0.15, 0.2) is 0 Å². The molecule has 3 aromatic carbocycles. The first-order valence-electron chi connectivity index (χ1n) is 11.4. The number of carbonyl (C=O) groups is 1. The highest BCUT2D eigenvalue weighted by atomic mass is 35.5. The van der Waals surface area contributed by atoms with Crippen LogP contribution in [0.2, 0.25) is 5.02 Å². The predicted molar refractivity (Wildman–Crippen MR) is 136 cm³/mol. The molecule has 1 amide bonds. The molecule has 3 aromatic rings. The van der Waals surface area contributed by atoms with E-state index in [-0.39, 0.29) is 22.5 Å². The minimum atomic E-state index is -3.80. The molecule has 1 heterocycles. The largest absolute Gasteiger partial charge is 0.326 e. The molecule has 0 unspecified atom stereocenters. The second kappa shape index (κ2) is 10.8. The van der Waals surface area contributed by atoms with Crippen LogP contribution in [-0.2, 0) is 21.4 Å². The standard InChI is InChI=1S/C26H27ClFN3O3S/c1-18-6-7-22(16-24(18)27)30-35(33,34)23-10-8-21(9-11-23)29-26(32)19-12-14-31(15-13-19)17-20-4-2-3-5-25(20)28/h2-11,16,19,30H,12-15,17H2,1H3,(H,29,32). The third-order valence-electron chi connectivity index (χ3n) is 6.17. The lowest BCUT2D eigenvalue weighted by Gasteiger charge is -2.31. The first-order valence-corrected chi connectivity index (χ1v) is 13.2. The van der Waals surface area contributed by atoms with Crippen LogP contribution in [0, 0.1) is 18.7 Å². The van der Waals surface area contributed by atoms with Gasteiger partial charge in [-0.1, -0.05) is 35.9 Å². The normalized spacial score (nSPS) is 15.1. The summed E-state index contributed by atoms with van der Waals surface area (Å²) in [6, 6.07) is 17.7. The summed E-state index contributed by atoms with van der Waals surface area (Å²) in [5.41, 5.74) is 2.41. The first-order chi connectivity index (χ1) is 16.7. The Bertz CT molecular complexity index is 1310. The van der Waals surface area contributed by atoms with Crippen LogP contribution in [0.5, 0.6) is 0 Å². The van der Waals surface area contributed by atoms with E-state index in [1.54, 1.807) is 42.5 Å². The summed E-state index contributed by atoms with van der Waals surface area (Å²) in [4.78, 5) is 15.0. The molecule has 4 rings (SSSR count). The van der Waals surface area contributed by atoms with Crippen LogP contribution in [0.4, 0.5) is 15.8 Å². The number of likely N-dealkylation sites (tertiary alicyclic amines) is 1. The number of rotatable bonds is 7. The highest BCUT2D eigenvalue weighted by Gasteiger charge is 2.25. The lowest BCUT2D eigenvalue weighted by Crippen LogP contribution is -2.37. The molecule has 9 heteroatoms. The number of nitrogens with zero attached hydrogens (tertiary/aromatic N) is 1. The molecule has 0 spiro atoms. The number of aryl methyl sites for hydroxylation is 1. The number of piperidine rings is 1. The Morgan fingerprint density at radius 1 is 1.03 bits per heavy atom. The van der Waals surface area contributed by atoms with Crippen molar-refractivity contribution in [1.82, 2.24) is 4.90 Å². The Labute approximate surface area is 210 Å². The summed E-state index contributed by atoms with van der Waals surface area (Å²) in [7, 11) is -3.80. The molecule has 0 bridgehead atoms. The summed E-state index contributed by atoms with van der Waals surface area (Å²) in [5, 5.41) is 3.35. The number of halogens is 2. The molecule has 184 valence electrons. The van der Waals surface area contributed by atoms with Crippen LogP contribution in [0.15, 0.2) is 71.6 Å². The zero-order valence-electron chi connectivity index (χ0n) is 19.3. The second-order valence-corrected chi connectivity index (χ2v) is 10.8. The van der Waals surface area contributed by atoms with E-state index in [9.17, 15) is 17.6 Å². The fraction of sp³-hybridized carbons (Fsp3) is 0.269. The molecule has 1 aliphatic rings. The summed E-state index contributed by atoms with van der Waals surface area (Å²) < 4.78 is 41.8. The zero-order chi connectivity index (χ0) is 25.0. The first kappa shape index (κ1) is 25.2. The van der Waals surface area contributed by atoms with E-state index in [2.05, 4.69) is 14.9 Å². The Balaban J connectivity index is 1.31. The maximum absolute atomic E-state index is 13.9. The van der Waals surface area contributed by atoms with Gasteiger partial charge in [0.1, 0.15) is 5.82 Å². The van der Waals surface area contributed by atoms with Gasteiger partial charge < -0.3 is 5.32 Å². The second-order valence-electron chi connectivity index (χ2n) is 8.72. The molecule has 35 heavy (non-hydrogen) atoms. The van der Waals surface area contributed by atoms with Crippen LogP contribution in [0.3, 0.4) is 0 Å². The average Bonchev–Trinajstić information content (AvgIpc) is 2.83. The Kier molecular flexibility index (Phi) is 7.74. The van der Waals surface area contributed by atoms with Crippen molar-refractivity contribution in [2.24, 2.45) is 5.92 Å². The van der Waals surface area contributed by atoms with E-state index < -0.39 is 10.0 Å². The van der Waals surface area contributed by atoms with Crippen molar-refractivity contribution in [2.75, 3.05) is 23.1 Å². The Morgan fingerprint density at radius 3 is 2.34 bits per heavy atom. The van der Waals surface area contributed by atoms with Gasteiger partial charge in [-0.05, 0) is 80.9 Å². The van der Waals surface area contributed by atoms with Crippen molar-refractivity contribution in [3.05, 3.63) is 88.7 Å². The van der Waals surface area contributed by atoms with E-state index in [4.69, 9.17) is 11.6 Å². The van der Waals surface area contributed by atoms with Crippen LogP contribution >= 0.6 is 11.6 Å². The molecule has 6 nitrogen and oxygen atoms in total. The third-order valence-corrected chi connectivity index (χ3v) is 7.97. The van der Waals surface area contributed by atoms with Gasteiger partial charge in [-0.15, -0.1) is 0 Å². The Hall–Kier alpha value is -2.94. The maximum atomic E-state index is 13.9. The van der Waals surface area contributed by atoms with E-state index in [1.807, 2.05) is 13.0 Å². The third kappa shape index (κ3) is 6.39. The van der Waals surface area contributed by atoms with Crippen LogP contribution in [0.25, 0.3) is 0 Å². The van der Waals surface area contributed by atoms with E-state index in [1.165, 1.54) is 18.2 Å². The molecular weight excluding hydrogens is 489 g/mol. The molecule has 0 aliphatic carbocycles. The van der Waals surface area contributed by atoms with E-state index >= 15 is 0 Å². The molecule has 0 aromatic heterocycles. The molecular formula is C26H27ClFN3O3S. The maximum Gasteiger partial charge on any atom is 0.261 e. The van der Waals surface area contributed by atoms with Crippen molar-refractivity contribution < 1.29 is 17.6 Å². The molecule has 0 atom stereocenters. The number of sulfonamides is 1. The van der Waals surface area contributed by atoms with Crippen molar-refractivity contribution in [3.63, 3.8) is 0 Å². The fourth-order valence-corrected chi connectivity index (χ4v) is 5.28. The fourth-order valence-electron chi connectivity index (χ4n) is 4.05. The number of nitrogens with one attached hydrogen (secondary N) is 2. The lowest BCUT2D eigenvalue weighted by atomic mass is 9.95. The predicted octanol–water partition coefficient (Wildman–Crippen LogP) is 5.44. The molecule has 2 N–H and O–H groups in total. The average molecular weight is 516 g/mol. The van der Waals surface area contributed by atoms with Gasteiger partial charge >= 0.3 is 0 Å². The van der Waals surface area contributed by atoms with Crippen molar-refractivity contribution in [1.29, 1.82) is 0 Å². The van der Waals surface area contributed by atoms with E-state index in [0.717, 1.165) is 5.56 Å². The van der Waals surface area contributed by atoms with Gasteiger partial charge in [-0.2, -0.15) is 0 Å². The molecule has 1 fully saturated rings. The van der Waals surface area contributed by atoms with Gasteiger partial charge in [0.05, 0.1) is 10.6 Å². The smallest absolute Gasteiger partial charge is 0.261 e. The van der Waals surface area contributed by atoms with Gasteiger partial charge in [-0.25, -0.2) is 12.8 Å². The SMILES string of the molecule is Cc1ccc(NS(=O)(=O)c2ccc(NC(=O)C3CCN(Cc4ccccc4F)CC3)cc2)cc1Cl. The van der Waals surface area contributed by atoms with Crippen LogP contribution in [0.1, 0.15) is 24.0 Å².